The van der Waals surface area contributed by atoms with E-state index >= 15 is 0 Å². The van der Waals surface area contributed by atoms with E-state index < -0.39 is 0 Å². The maximum atomic E-state index is 6.00. The van der Waals surface area contributed by atoms with E-state index in [0.717, 1.165) is 5.92 Å². The lowest BCUT2D eigenvalue weighted by Crippen LogP contribution is -2.41. The third-order valence-corrected chi connectivity index (χ3v) is 5.30. The molecule has 0 amide bonds. The van der Waals surface area contributed by atoms with Crippen LogP contribution >= 0.6 is 0 Å². The van der Waals surface area contributed by atoms with Crippen LogP contribution in [0.5, 0.6) is 0 Å². The second-order valence-corrected chi connectivity index (χ2v) is 7.73. The van der Waals surface area contributed by atoms with Crippen LogP contribution in [-0.2, 0) is 9.31 Å². The topological polar surface area (TPSA) is 18.5 Å². The van der Waals surface area contributed by atoms with Crippen LogP contribution in [0.15, 0.2) is 12.1 Å². The quantitative estimate of drug-likeness (QED) is 0.689. The standard InChI is InChI=1S/C17H31BO2/c1-14(13-15-9-7-6-8-10-15)11-12-18-19-16(2,3)17(4,5)20-18/h11-12,14-15H,6-10,13H2,1-5H3/b12-11+. The summed E-state index contributed by atoms with van der Waals surface area (Å²) in [6.45, 7) is 10.7. The van der Waals surface area contributed by atoms with E-state index in [1.807, 2.05) is 0 Å². The Morgan fingerprint density at radius 1 is 1.05 bits per heavy atom. The van der Waals surface area contributed by atoms with E-state index in [1.165, 1.54) is 38.5 Å². The van der Waals surface area contributed by atoms with Crippen molar-refractivity contribution in [2.24, 2.45) is 11.8 Å². The highest BCUT2D eigenvalue weighted by molar-refractivity contribution is 6.51. The summed E-state index contributed by atoms with van der Waals surface area (Å²) in [6, 6.07) is 0. The molecule has 1 saturated carbocycles. The largest absolute Gasteiger partial charge is 0.486 e. The van der Waals surface area contributed by atoms with Crippen molar-refractivity contribution in [2.75, 3.05) is 0 Å². The molecular formula is C17H31BO2. The lowest BCUT2D eigenvalue weighted by molar-refractivity contribution is 0.00578. The fraction of sp³-hybridized carbons (Fsp3) is 0.882. The van der Waals surface area contributed by atoms with Crippen molar-refractivity contribution >= 4 is 7.12 Å². The Kier molecular flexibility index (Phi) is 5.02. The third-order valence-electron chi connectivity index (χ3n) is 5.30. The normalized spacial score (nSPS) is 28.1. The van der Waals surface area contributed by atoms with Gasteiger partial charge < -0.3 is 9.31 Å². The van der Waals surface area contributed by atoms with E-state index in [0.29, 0.717) is 5.92 Å². The van der Waals surface area contributed by atoms with Crippen LogP contribution in [0.1, 0.15) is 73.1 Å². The Morgan fingerprint density at radius 3 is 2.15 bits per heavy atom. The van der Waals surface area contributed by atoms with Gasteiger partial charge in [-0.1, -0.05) is 51.1 Å². The van der Waals surface area contributed by atoms with Gasteiger partial charge in [0.2, 0.25) is 0 Å². The summed E-state index contributed by atoms with van der Waals surface area (Å²) in [5.41, 5.74) is -0.455. The maximum Gasteiger partial charge on any atom is 0.486 e. The van der Waals surface area contributed by atoms with Gasteiger partial charge in [-0.2, -0.15) is 0 Å². The molecule has 2 fully saturated rings. The van der Waals surface area contributed by atoms with Crippen molar-refractivity contribution in [3.05, 3.63) is 12.1 Å². The van der Waals surface area contributed by atoms with Crippen LogP contribution in [-0.4, -0.2) is 18.3 Å². The summed E-state index contributed by atoms with van der Waals surface area (Å²) in [5, 5.41) is 0. The average molecular weight is 278 g/mol. The molecule has 1 heterocycles. The predicted molar refractivity (Wildman–Crippen MR) is 85.6 cm³/mol. The van der Waals surface area contributed by atoms with Gasteiger partial charge >= 0.3 is 7.12 Å². The van der Waals surface area contributed by atoms with Crippen molar-refractivity contribution in [2.45, 2.75) is 84.3 Å². The second kappa shape index (κ2) is 6.23. The molecule has 20 heavy (non-hydrogen) atoms. The Balaban J connectivity index is 1.81. The van der Waals surface area contributed by atoms with Gasteiger partial charge in [0.1, 0.15) is 0 Å². The molecule has 1 aliphatic heterocycles. The first-order valence-electron chi connectivity index (χ1n) is 8.34. The summed E-state index contributed by atoms with van der Waals surface area (Å²) in [7, 11) is -0.186. The molecule has 0 bridgehead atoms. The first-order valence-corrected chi connectivity index (χ1v) is 8.34. The van der Waals surface area contributed by atoms with Crippen LogP contribution in [0.3, 0.4) is 0 Å². The van der Waals surface area contributed by atoms with E-state index in [-0.39, 0.29) is 18.3 Å². The Bertz CT molecular complexity index is 327. The highest BCUT2D eigenvalue weighted by Crippen LogP contribution is 2.37. The Hall–Kier alpha value is -0.275. The summed E-state index contributed by atoms with van der Waals surface area (Å²) in [5.74, 6) is 3.67. The zero-order valence-electron chi connectivity index (χ0n) is 13.9. The summed E-state index contributed by atoms with van der Waals surface area (Å²) >= 11 is 0. The SMILES string of the molecule is CC(/C=C/B1OC(C)(C)C(C)(C)O1)CC1CCCCC1. The molecule has 0 spiro atoms. The first-order chi connectivity index (χ1) is 9.30. The molecule has 1 saturated heterocycles. The lowest BCUT2D eigenvalue weighted by atomic mass is 9.81. The minimum atomic E-state index is -0.228. The highest BCUT2D eigenvalue weighted by atomic mass is 16.7. The van der Waals surface area contributed by atoms with Crippen LogP contribution in [0.25, 0.3) is 0 Å². The van der Waals surface area contributed by atoms with Crippen molar-refractivity contribution in [1.82, 2.24) is 0 Å². The molecule has 0 N–H and O–H groups in total. The highest BCUT2D eigenvalue weighted by Gasteiger charge is 2.50. The van der Waals surface area contributed by atoms with Gasteiger partial charge in [0, 0.05) is 0 Å². The van der Waals surface area contributed by atoms with E-state index in [1.54, 1.807) is 0 Å². The van der Waals surface area contributed by atoms with Gasteiger partial charge in [0.15, 0.2) is 0 Å². The molecule has 2 aliphatic rings. The monoisotopic (exact) mass is 278 g/mol. The summed E-state index contributed by atoms with van der Waals surface area (Å²) in [6.07, 6.45) is 10.8. The van der Waals surface area contributed by atoms with Gasteiger partial charge in [-0.15, -0.1) is 0 Å². The molecule has 1 aliphatic carbocycles. The molecule has 1 atom stereocenters. The number of hydrogen-bond donors (Lipinski definition) is 0. The number of hydrogen-bond acceptors (Lipinski definition) is 2. The molecule has 0 aromatic rings. The molecule has 0 aromatic heterocycles. The zero-order valence-corrected chi connectivity index (χ0v) is 13.9. The fourth-order valence-corrected chi connectivity index (χ4v) is 3.27. The minimum Gasteiger partial charge on any atom is -0.400 e. The molecule has 3 heteroatoms. The van der Waals surface area contributed by atoms with Gasteiger partial charge in [0.05, 0.1) is 11.2 Å². The predicted octanol–water partition coefficient (Wildman–Crippen LogP) is 4.78. The first kappa shape index (κ1) is 16.1. The van der Waals surface area contributed by atoms with Gasteiger partial charge in [-0.25, -0.2) is 0 Å². The van der Waals surface area contributed by atoms with Gasteiger partial charge in [-0.05, 0) is 46.0 Å². The molecule has 0 radical (unpaired) electrons. The van der Waals surface area contributed by atoms with Gasteiger partial charge in [-0.3, -0.25) is 0 Å². The molecule has 2 nitrogen and oxygen atoms in total. The zero-order chi connectivity index (χ0) is 14.8. The van der Waals surface area contributed by atoms with Crippen LogP contribution < -0.4 is 0 Å². The lowest BCUT2D eigenvalue weighted by Gasteiger charge is -2.32. The molecule has 0 aromatic carbocycles. The van der Waals surface area contributed by atoms with E-state index in [9.17, 15) is 0 Å². The molecule has 1 unspecified atom stereocenters. The van der Waals surface area contributed by atoms with Crippen molar-refractivity contribution in [1.29, 1.82) is 0 Å². The molecular weight excluding hydrogens is 247 g/mol. The summed E-state index contributed by atoms with van der Waals surface area (Å²) < 4.78 is 12.0. The maximum absolute atomic E-state index is 6.00. The van der Waals surface area contributed by atoms with Crippen LogP contribution in [0, 0.1) is 11.8 Å². The minimum absolute atomic E-state index is 0.186. The van der Waals surface area contributed by atoms with Crippen molar-refractivity contribution in [3.8, 4) is 0 Å². The molecule has 114 valence electrons. The molecule has 2 rings (SSSR count). The number of allylic oxidation sites excluding steroid dienone is 1. The Morgan fingerprint density at radius 2 is 1.60 bits per heavy atom. The van der Waals surface area contributed by atoms with Gasteiger partial charge in [0.25, 0.3) is 0 Å². The van der Waals surface area contributed by atoms with Crippen LogP contribution in [0.4, 0.5) is 0 Å². The number of rotatable bonds is 4. The van der Waals surface area contributed by atoms with E-state index in [2.05, 4.69) is 46.7 Å². The van der Waals surface area contributed by atoms with Crippen molar-refractivity contribution in [3.63, 3.8) is 0 Å². The van der Waals surface area contributed by atoms with Crippen molar-refractivity contribution < 1.29 is 9.31 Å². The smallest absolute Gasteiger partial charge is 0.400 e. The van der Waals surface area contributed by atoms with Crippen LogP contribution in [0.2, 0.25) is 0 Å². The van der Waals surface area contributed by atoms with E-state index in [4.69, 9.17) is 9.31 Å². The third kappa shape index (κ3) is 3.88. The average Bonchev–Trinajstić information content (AvgIpc) is 2.57. The summed E-state index contributed by atoms with van der Waals surface area (Å²) in [4.78, 5) is 0. The second-order valence-electron chi connectivity index (χ2n) is 7.73. The fourth-order valence-electron chi connectivity index (χ4n) is 3.27. The Labute approximate surface area is 125 Å².